The van der Waals surface area contributed by atoms with Gasteiger partial charge in [-0.25, -0.2) is 4.68 Å². The number of nitrogen functional groups attached to an aromatic ring is 1. The molecule has 2 aromatic rings. The zero-order valence-electron chi connectivity index (χ0n) is 10.8. The molecule has 1 aromatic heterocycles. The van der Waals surface area contributed by atoms with Crippen molar-refractivity contribution in [2.45, 2.75) is 38.6 Å². The van der Waals surface area contributed by atoms with Crippen molar-refractivity contribution in [1.29, 1.82) is 0 Å². The Hall–Kier alpha value is -1.77. The van der Waals surface area contributed by atoms with E-state index >= 15 is 0 Å². The predicted molar refractivity (Wildman–Crippen MR) is 74.3 cm³/mol. The molecule has 0 atom stereocenters. The van der Waals surface area contributed by atoms with Crippen LogP contribution in [0.3, 0.4) is 0 Å². The number of nitrogens with zero attached hydrogens (tertiary/aromatic N) is 2. The van der Waals surface area contributed by atoms with Crippen molar-refractivity contribution in [3.8, 4) is 11.3 Å². The highest BCUT2D eigenvalue weighted by Crippen LogP contribution is 2.32. The molecule has 2 N–H and O–H groups in total. The van der Waals surface area contributed by atoms with Gasteiger partial charge in [0.15, 0.2) is 0 Å². The van der Waals surface area contributed by atoms with Crippen molar-refractivity contribution in [1.82, 2.24) is 9.78 Å². The summed E-state index contributed by atoms with van der Waals surface area (Å²) in [4.78, 5) is 0. The van der Waals surface area contributed by atoms with Crippen LogP contribution >= 0.6 is 0 Å². The molecule has 1 saturated carbocycles. The first-order valence-electron chi connectivity index (χ1n) is 6.66. The largest absolute Gasteiger partial charge is 0.384 e. The van der Waals surface area contributed by atoms with Gasteiger partial charge in [-0.3, -0.25) is 0 Å². The zero-order chi connectivity index (χ0) is 12.5. The zero-order valence-corrected chi connectivity index (χ0v) is 10.8. The van der Waals surface area contributed by atoms with Crippen LogP contribution in [-0.2, 0) is 0 Å². The van der Waals surface area contributed by atoms with E-state index in [1.165, 1.54) is 31.2 Å². The number of rotatable bonds is 2. The molecule has 3 nitrogen and oxygen atoms in total. The highest BCUT2D eigenvalue weighted by atomic mass is 15.3. The molecular weight excluding hydrogens is 222 g/mol. The molecule has 1 heterocycles. The fraction of sp³-hybridized carbons (Fsp3) is 0.400. The van der Waals surface area contributed by atoms with Gasteiger partial charge in [0.2, 0.25) is 0 Å². The second-order valence-corrected chi connectivity index (χ2v) is 5.20. The smallest absolute Gasteiger partial charge is 0.122 e. The molecule has 0 spiro atoms. The van der Waals surface area contributed by atoms with E-state index in [2.05, 4.69) is 36.3 Å². The van der Waals surface area contributed by atoms with E-state index in [4.69, 9.17) is 5.73 Å². The summed E-state index contributed by atoms with van der Waals surface area (Å²) in [5.74, 6) is 0.789. The number of benzene rings is 1. The summed E-state index contributed by atoms with van der Waals surface area (Å²) < 4.78 is 2.02. The van der Waals surface area contributed by atoms with Crippen LogP contribution in [0.15, 0.2) is 30.3 Å². The van der Waals surface area contributed by atoms with Crippen molar-refractivity contribution < 1.29 is 0 Å². The molecule has 0 aliphatic heterocycles. The van der Waals surface area contributed by atoms with Crippen molar-refractivity contribution in [3.05, 3.63) is 35.9 Å². The predicted octanol–water partition coefficient (Wildman–Crippen LogP) is 3.56. The number of hydrogen-bond donors (Lipinski definition) is 1. The Balaban J connectivity index is 1.94. The van der Waals surface area contributed by atoms with Gasteiger partial charge in [-0.05, 0) is 19.8 Å². The summed E-state index contributed by atoms with van der Waals surface area (Å²) in [5, 5.41) is 4.68. The van der Waals surface area contributed by atoms with E-state index in [-0.39, 0.29) is 0 Å². The van der Waals surface area contributed by atoms with Gasteiger partial charge in [-0.2, -0.15) is 5.10 Å². The Labute approximate surface area is 108 Å². The van der Waals surface area contributed by atoms with Crippen LogP contribution in [0, 0.1) is 6.92 Å². The minimum Gasteiger partial charge on any atom is -0.384 e. The van der Waals surface area contributed by atoms with Crippen molar-refractivity contribution in [3.63, 3.8) is 0 Å². The van der Waals surface area contributed by atoms with E-state index in [0.29, 0.717) is 6.04 Å². The van der Waals surface area contributed by atoms with Gasteiger partial charge in [0, 0.05) is 11.6 Å². The van der Waals surface area contributed by atoms with Crippen molar-refractivity contribution in [2.75, 3.05) is 5.73 Å². The van der Waals surface area contributed by atoms with Gasteiger partial charge < -0.3 is 5.73 Å². The maximum absolute atomic E-state index is 6.09. The first-order valence-corrected chi connectivity index (χ1v) is 6.66. The lowest BCUT2D eigenvalue weighted by Crippen LogP contribution is -2.09. The topological polar surface area (TPSA) is 43.8 Å². The molecule has 0 radical (unpaired) electrons. The minimum absolute atomic E-state index is 0.504. The second kappa shape index (κ2) is 4.48. The molecule has 0 saturated heterocycles. The normalized spacial score (nSPS) is 16.3. The Morgan fingerprint density at radius 1 is 1.17 bits per heavy atom. The summed E-state index contributed by atoms with van der Waals surface area (Å²) >= 11 is 0. The first-order chi connectivity index (χ1) is 8.74. The van der Waals surface area contributed by atoms with Crippen molar-refractivity contribution in [2.24, 2.45) is 0 Å². The van der Waals surface area contributed by atoms with Crippen LogP contribution in [0.25, 0.3) is 11.3 Å². The summed E-state index contributed by atoms with van der Waals surface area (Å²) in [6, 6.07) is 10.9. The molecule has 94 valence electrons. The SMILES string of the molecule is Cc1ccc(-c2cc(N)n(C3CCCC3)n2)cc1. The molecule has 18 heavy (non-hydrogen) atoms. The van der Waals surface area contributed by atoms with Crippen LogP contribution in [0.1, 0.15) is 37.3 Å². The molecule has 1 aliphatic rings. The average Bonchev–Trinajstić information content (AvgIpc) is 2.99. The van der Waals surface area contributed by atoms with E-state index < -0.39 is 0 Å². The Morgan fingerprint density at radius 2 is 1.83 bits per heavy atom. The van der Waals surface area contributed by atoms with Gasteiger partial charge in [0.25, 0.3) is 0 Å². The molecule has 1 aromatic carbocycles. The Bertz CT molecular complexity index is 533. The average molecular weight is 241 g/mol. The van der Waals surface area contributed by atoms with E-state index in [9.17, 15) is 0 Å². The lowest BCUT2D eigenvalue weighted by molar-refractivity contribution is 0.475. The lowest BCUT2D eigenvalue weighted by Gasteiger charge is -2.11. The number of hydrogen-bond acceptors (Lipinski definition) is 2. The Kier molecular flexibility index (Phi) is 2.82. The molecule has 1 aliphatic carbocycles. The van der Waals surface area contributed by atoms with E-state index in [1.54, 1.807) is 0 Å². The van der Waals surface area contributed by atoms with Crippen LogP contribution < -0.4 is 5.73 Å². The second-order valence-electron chi connectivity index (χ2n) is 5.20. The standard InChI is InChI=1S/C15H19N3/c1-11-6-8-12(9-7-11)14-10-15(16)18(17-14)13-4-2-3-5-13/h6-10,13H,2-5,16H2,1H3. The van der Waals surface area contributed by atoms with Crippen LogP contribution in [0.4, 0.5) is 5.82 Å². The fourth-order valence-electron chi connectivity index (χ4n) is 2.72. The monoisotopic (exact) mass is 241 g/mol. The van der Waals surface area contributed by atoms with Gasteiger partial charge in [0.05, 0.1) is 11.7 Å². The summed E-state index contributed by atoms with van der Waals surface area (Å²) in [5.41, 5.74) is 9.48. The summed E-state index contributed by atoms with van der Waals surface area (Å²) in [6.45, 7) is 2.09. The van der Waals surface area contributed by atoms with Crippen LogP contribution in [0.2, 0.25) is 0 Å². The van der Waals surface area contributed by atoms with Crippen molar-refractivity contribution >= 4 is 5.82 Å². The molecule has 3 heteroatoms. The van der Waals surface area contributed by atoms with Crippen LogP contribution in [0.5, 0.6) is 0 Å². The molecular formula is C15H19N3. The molecule has 1 fully saturated rings. The van der Waals surface area contributed by atoms with Gasteiger partial charge in [0.1, 0.15) is 5.82 Å². The Morgan fingerprint density at radius 3 is 2.50 bits per heavy atom. The fourth-order valence-corrected chi connectivity index (χ4v) is 2.72. The third-order valence-electron chi connectivity index (χ3n) is 3.78. The number of anilines is 1. The third kappa shape index (κ3) is 2.01. The number of aryl methyl sites for hydroxylation is 1. The molecule has 0 unspecified atom stereocenters. The summed E-state index contributed by atoms with van der Waals surface area (Å²) in [7, 11) is 0. The van der Waals surface area contributed by atoms with Gasteiger partial charge in [-0.15, -0.1) is 0 Å². The molecule has 0 bridgehead atoms. The first kappa shape index (κ1) is 11.3. The van der Waals surface area contributed by atoms with Crippen LogP contribution in [-0.4, -0.2) is 9.78 Å². The highest BCUT2D eigenvalue weighted by Gasteiger charge is 2.20. The van der Waals surface area contributed by atoms with Gasteiger partial charge in [-0.1, -0.05) is 42.7 Å². The third-order valence-corrected chi connectivity index (χ3v) is 3.78. The van der Waals surface area contributed by atoms with E-state index in [0.717, 1.165) is 17.1 Å². The highest BCUT2D eigenvalue weighted by molar-refractivity contribution is 5.62. The summed E-state index contributed by atoms with van der Waals surface area (Å²) in [6.07, 6.45) is 5.01. The quantitative estimate of drug-likeness (QED) is 0.873. The minimum atomic E-state index is 0.504. The number of aromatic nitrogens is 2. The lowest BCUT2D eigenvalue weighted by atomic mass is 10.1. The van der Waals surface area contributed by atoms with Gasteiger partial charge >= 0.3 is 0 Å². The molecule has 0 amide bonds. The maximum atomic E-state index is 6.09. The maximum Gasteiger partial charge on any atom is 0.122 e. The molecule has 3 rings (SSSR count). The van der Waals surface area contributed by atoms with E-state index in [1.807, 2.05) is 10.7 Å². The number of nitrogens with two attached hydrogens (primary N) is 1.